The molecule has 1 aromatic heterocycles. The fourth-order valence-corrected chi connectivity index (χ4v) is 2.89. The minimum absolute atomic E-state index is 0.194. The molecule has 0 saturated carbocycles. The Kier molecular flexibility index (Phi) is 13.9. The van der Waals surface area contributed by atoms with Gasteiger partial charge in [0, 0.05) is 17.5 Å². The average molecular weight is 436 g/mol. The number of carbonyl (C=O) groups is 2. The average Bonchev–Trinajstić information content (AvgIpc) is 3.46. The van der Waals surface area contributed by atoms with Crippen LogP contribution in [0.5, 0.6) is 17.2 Å². The van der Waals surface area contributed by atoms with Gasteiger partial charge >= 0.3 is 0 Å². The van der Waals surface area contributed by atoms with Gasteiger partial charge in [-0.15, -0.1) is 11.3 Å². The van der Waals surface area contributed by atoms with Crippen LogP contribution in [-0.4, -0.2) is 41.1 Å². The topological polar surface area (TPSA) is 83.1 Å². The van der Waals surface area contributed by atoms with Crippen molar-refractivity contribution in [2.45, 2.75) is 13.8 Å². The van der Waals surface area contributed by atoms with Gasteiger partial charge in [0.25, 0.3) is 0 Å². The summed E-state index contributed by atoms with van der Waals surface area (Å²) in [7, 11) is 3.43. The minimum atomic E-state index is 0.194. The van der Waals surface area contributed by atoms with Crippen molar-refractivity contribution in [3.8, 4) is 17.2 Å². The first kappa shape index (κ1) is 26.7. The molecule has 30 heavy (non-hydrogen) atoms. The zero-order valence-corrected chi connectivity index (χ0v) is 18.7. The fourth-order valence-electron chi connectivity index (χ4n) is 2.36. The van der Waals surface area contributed by atoms with E-state index in [0.29, 0.717) is 29.6 Å². The number of thiophene rings is 1. The molecule has 0 bridgehead atoms. The van der Waals surface area contributed by atoms with Crippen molar-refractivity contribution < 1.29 is 28.5 Å². The lowest BCUT2D eigenvalue weighted by Crippen LogP contribution is -1.95. The Morgan fingerprint density at radius 1 is 1.27 bits per heavy atom. The van der Waals surface area contributed by atoms with E-state index < -0.39 is 0 Å². The molecule has 0 radical (unpaired) electrons. The van der Waals surface area contributed by atoms with Crippen molar-refractivity contribution in [2.24, 2.45) is 0 Å². The number of aryl methyl sites for hydroxylation is 1. The number of rotatable bonds is 6. The maximum absolute atomic E-state index is 8.00. The van der Waals surface area contributed by atoms with E-state index in [1.54, 1.807) is 24.5 Å². The van der Waals surface area contributed by atoms with Crippen molar-refractivity contribution in [1.82, 2.24) is 0 Å². The summed E-state index contributed by atoms with van der Waals surface area (Å²) in [5, 5.41) is 5.16. The fraction of sp³-hybridized carbons (Fsp3) is 0.273. The summed E-state index contributed by atoms with van der Waals surface area (Å²) >= 11 is 1.78. The second kappa shape index (κ2) is 15.6. The van der Waals surface area contributed by atoms with Gasteiger partial charge in [0.05, 0.1) is 19.4 Å². The molecule has 2 aromatic rings. The lowest BCUT2D eigenvalue weighted by Gasteiger charge is -2.12. The second-order valence-electron chi connectivity index (χ2n) is 5.32. The molecule has 0 fully saturated rings. The summed E-state index contributed by atoms with van der Waals surface area (Å²) in [5.74, 6) is 2.52. The summed E-state index contributed by atoms with van der Waals surface area (Å²) in [5.41, 5.74) is 1.71. The highest BCUT2D eigenvalue weighted by molar-refractivity contribution is 7.09. The van der Waals surface area contributed by atoms with Crippen molar-refractivity contribution in [1.29, 1.82) is 0 Å². The smallest absolute Gasteiger partial charge is 0.231 e. The van der Waals surface area contributed by atoms with Gasteiger partial charge < -0.3 is 33.9 Å². The molecule has 7 nitrogen and oxygen atoms in total. The highest BCUT2D eigenvalue weighted by Crippen LogP contribution is 2.48. The first-order valence-corrected chi connectivity index (χ1v) is 9.74. The van der Waals surface area contributed by atoms with Gasteiger partial charge in [-0.25, -0.2) is 0 Å². The second-order valence-corrected chi connectivity index (χ2v) is 6.47. The normalized spacial score (nSPS) is 10.4. The maximum atomic E-state index is 8.00. The van der Waals surface area contributed by atoms with E-state index in [0.717, 1.165) is 11.3 Å². The van der Waals surface area contributed by atoms with Gasteiger partial charge in [-0.2, -0.15) is 0 Å². The lowest BCUT2D eigenvalue weighted by molar-refractivity contribution is -0.0987. The van der Waals surface area contributed by atoms with Crippen molar-refractivity contribution in [2.75, 3.05) is 32.9 Å². The van der Waals surface area contributed by atoms with E-state index in [4.69, 9.17) is 28.5 Å². The Hall–Kier alpha value is -3.26. The van der Waals surface area contributed by atoms with Crippen molar-refractivity contribution in [3.05, 3.63) is 52.4 Å². The molecule has 164 valence electrons. The number of hydrogen-bond donors (Lipinski definition) is 1. The molecule has 1 aliphatic rings. The third-order valence-electron chi connectivity index (χ3n) is 3.54. The summed E-state index contributed by atoms with van der Waals surface area (Å²) in [6.07, 6.45) is 3.67. The molecule has 1 aromatic carbocycles. The number of fused-ring (bicyclic) bond motifs is 1. The van der Waals surface area contributed by atoms with Crippen LogP contribution in [0.1, 0.15) is 17.4 Å². The Morgan fingerprint density at radius 3 is 2.40 bits per heavy atom. The summed E-state index contributed by atoms with van der Waals surface area (Å²) < 4.78 is 21.7. The molecule has 2 heterocycles. The Bertz CT molecular complexity index is 787. The van der Waals surface area contributed by atoms with E-state index in [1.807, 2.05) is 39.7 Å². The summed E-state index contributed by atoms with van der Waals surface area (Å²) in [6, 6.07) is 6.09. The highest BCUT2D eigenvalue weighted by atomic mass is 32.1. The number of hydrogen-bond acceptors (Lipinski definition) is 8. The van der Waals surface area contributed by atoms with Gasteiger partial charge in [-0.05, 0) is 43.5 Å². The van der Waals surface area contributed by atoms with E-state index in [1.165, 1.54) is 4.88 Å². The van der Waals surface area contributed by atoms with E-state index in [9.17, 15) is 0 Å². The molecule has 3 rings (SSSR count). The standard InChI is InChI=1S/C15H19NO4.C5H6S.2CH2O/c1-5-18-10(2)6-7-11-8-12(16-3)14-15(13(11)17-4)20-9-19-14;1-5-3-2-4-6-5;2*1-2/h6-8,16H,2,5,9H2,1,3-4H3;2-4H,1H3;2*1H2/b7-6+;;;. The number of ether oxygens (including phenoxy) is 4. The lowest BCUT2D eigenvalue weighted by atomic mass is 10.1. The Morgan fingerprint density at radius 2 is 1.93 bits per heavy atom. The molecule has 0 unspecified atom stereocenters. The number of methoxy groups -OCH3 is 1. The SMILES string of the molecule is C=C(/C=C/c1cc(NC)c2c(c1OC)OCO2)OCC.C=O.C=O.Cc1cccs1. The molecule has 0 amide bonds. The number of allylic oxidation sites excluding steroid dienone is 1. The minimum Gasteiger partial charge on any atom is -0.495 e. The number of carbonyl (C=O) groups excluding carboxylic acids is 2. The molecule has 0 aliphatic carbocycles. The molecule has 0 saturated heterocycles. The van der Waals surface area contributed by atoms with Crippen molar-refractivity contribution in [3.63, 3.8) is 0 Å². The van der Waals surface area contributed by atoms with Crippen LogP contribution in [-0.2, 0) is 14.3 Å². The third-order valence-corrected chi connectivity index (χ3v) is 4.34. The Labute approximate surface area is 181 Å². The van der Waals surface area contributed by atoms with Gasteiger partial charge in [0.15, 0.2) is 11.5 Å². The van der Waals surface area contributed by atoms with Crippen LogP contribution in [0.15, 0.2) is 42.0 Å². The zero-order chi connectivity index (χ0) is 22.9. The molecule has 0 atom stereocenters. The van der Waals surface area contributed by atoms with Gasteiger partial charge in [-0.1, -0.05) is 12.6 Å². The molecule has 8 heteroatoms. The quantitative estimate of drug-likeness (QED) is 0.519. The number of nitrogens with one attached hydrogen (secondary N) is 1. The van der Waals surface area contributed by atoms with Crippen LogP contribution >= 0.6 is 11.3 Å². The number of benzene rings is 1. The molecular weight excluding hydrogens is 406 g/mol. The van der Waals surface area contributed by atoms with Crippen LogP contribution in [0.2, 0.25) is 0 Å². The maximum Gasteiger partial charge on any atom is 0.231 e. The van der Waals surface area contributed by atoms with E-state index in [-0.39, 0.29) is 6.79 Å². The van der Waals surface area contributed by atoms with Crippen LogP contribution in [0.25, 0.3) is 6.08 Å². The summed E-state index contributed by atoms with van der Waals surface area (Å²) in [4.78, 5) is 17.4. The molecular formula is C22H29NO6S. The van der Waals surface area contributed by atoms with Gasteiger partial charge in [0.1, 0.15) is 19.3 Å². The Balaban J connectivity index is 0.000000702. The number of anilines is 1. The van der Waals surface area contributed by atoms with E-state index in [2.05, 4.69) is 36.3 Å². The van der Waals surface area contributed by atoms with Gasteiger partial charge in [-0.3, -0.25) is 0 Å². The predicted molar refractivity (Wildman–Crippen MR) is 122 cm³/mol. The van der Waals surface area contributed by atoms with Crippen molar-refractivity contribution >= 4 is 36.7 Å². The molecule has 1 aliphatic heterocycles. The third kappa shape index (κ3) is 8.00. The highest BCUT2D eigenvalue weighted by Gasteiger charge is 2.25. The zero-order valence-electron chi connectivity index (χ0n) is 17.9. The summed E-state index contributed by atoms with van der Waals surface area (Å²) in [6.45, 7) is 12.6. The van der Waals surface area contributed by atoms with Crippen LogP contribution in [0, 0.1) is 6.92 Å². The van der Waals surface area contributed by atoms with E-state index >= 15 is 0 Å². The van der Waals surface area contributed by atoms with Crippen LogP contribution in [0.3, 0.4) is 0 Å². The first-order valence-electron chi connectivity index (χ1n) is 8.86. The largest absolute Gasteiger partial charge is 0.495 e. The van der Waals surface area contributed by atoms with Crippen LogP contribution < -0.4 is 19.5 Å². The first-order chi connectivity index (χ1) is 14.6. The molecule has 0 spiro atoms. The van der Waals surface area contributed by atoms with Crippen LogP contribution in [0.4, 0.5) is 5.69 Å². The molecule has 1 N–H and O–H groups in total. The monoisotopic (exact) mass is 435 g/mol. The predicted octanol–water partition coefficient (Wildman–Crippen LogP) is 4.72. The van der Waals surface area contributed by atoms with Gasteiger partial charge in [0.2, 0.25) is 12.5 Å².